The molecule has 1 spiro atoms. The van der Waals surface area contributed by atoms with Crippen LogP contribution in [-0.2, 0) is 28.7 Å². The molecule has 44 heavy (non-hydrogen) atoms. The van der Waals surface area contributed by atoms with Crippen LogP contribution in [-0.4, -0.2) is 100 Å². The van der Waals surface area contributed by atoms with Crippen molar-refractivity contribution in [2.24, 2.45) is 11.8 Å². The predicted octanol–water partition coefficient (Wildman–Crippen LogP) is 3.35. The number of amides is 3. The Balaban J connectivity index is 1.61. The molecule has 1 aromatic rings. The fourth-order valence-corrected chi connectivity index (χ4v) is 7.76. The van der Waals surface area contributed by atoms with E-state index in [4.69, 9.17) is 9.47 Å². The summed E-state index contributed by atoms with van der Waals surface area (Å²) >= 11 is 3.59. The number of likely N-dealkylation sites (tertiary alicyclic amines) is 1. The highest BCUT2D eigenvalue weighted by Gasteiger charge is 2.75. The molecule has 7 atom stereocenters. The minimum Gasteiger partial charge on any atom is -0.455 e. The second kappa shape index (κ2) is 13.1. The van der Waals surface area contributed by atoms with E-state index in [-0.39, 0.29) is 43.3 Å². The lowest BCUT2D eigenvalue weighted by Gasteiger charge is -2.37. The third-order valence-electron chi connectivity index (χ3n) is 9.45. The fourth-order valence-electron chi connectivity index (χ4n) is 7.02. The number of aliphatic hydroxyl groups excluding tert-OH is 1. The van der Waals surface area contributed by atoms with Gasteiger partial charge in [-0.2, -0.15) is 0 Å². The Morgan fingerprint density at radius 3 is 2.45 bits per heavy atom. The normalized spacial score (nSPS) is 33.6. The molecule has 4 aliphatic rings. The van der Waals surface area contributed by atoms with E-state index in [9.17, 15) is 24.3 Å². The van der Waals surface area contributed by atoms with E-state index in [0.717, 1.165) is 5.56 Å². The number of halogens is 1. The third kappa shape index (κ3) is 5.63. The minimum absolute atomic E-state index is 0.0346. The zero-order chi connectivity index (χ0) is 31.8. The van der Waals surface area contributed by atoms with Gasteiger partial charge in [-0.05, 0) is 51.7 Å². The van der Waals surface area contributed by atoms with Gasteiger partial charge in [0, 0.05) is 43.7 Å². The van der Waals surface area contributed by atoms with Crippen molar-refractivity contribution in [3.63, 3.8) is 0 Å². The van der Waals surface area contributed by atoms with Crippen LogP contribution in [0.2, 0.25) is 0 Å². The summed E-state index contributed by atoms with van der Waals surface area (Å²) < 4.78 is 13.4. The molecule has 238 valence electrons. The van der Waals surface area contributed by atoms with Gasteiger partial charge in [-0.1, -0.05) is 58.4 Å². The summed E-state index contributed by atoms with van der Waals surface area (Å²) in [6.45, 7) is 6.18. The van der Waals surface area contributed by atoms with Crippen LogP contribution in [0.3, 0.4) is 0 Å². The molecule has 0 radical (unpaired) electrons. The Labute approximate surface area is 267 Å². The number of ether oxygens (including phenoxy) is 2. The monoisotopic (exact) mass is 671 g/mol. The summed E-state index contributed by atoms with van der Waals surface area (Å²) in [5.74, 6) is -3.28. The maximum Gasteiger partial charge on any atom is 0.313 e. The van der Waals surface area contributed by atoms with Gasteiger partial charge in [0.25, 0.3) is 0 Å². The molecule has 5 rings (SSSR count). The van der Waals surface area contributed by atoms with Crippen molar-refractivity contribution in [1.29, 1.82) is 0 Å². The third-order valence-corrected chi connectivity index (χ3v) is 10.1. The number of carbonyl (C=O) groups is 4. The van der Waals surface area contributed by atoms with Crippen LogP contribution in [0.5, 0.6) is 0 Å². The minimum atomic E-state index is -1.36. The molecule has 4 aliphatic heterocycles. The number of unbranched alkanes of at least 4 members (excludes halogenated alkanes) is 1. The molecule has 0 saturated carbocycles. The molecule has 2 fully saturated rings. The van der Waals surface area contributed by atoms with Crippen molar-refractivity contribution in [1.82, 2.24) is 14.7 Å². The van der Waals surface area contributed by atoms with Crippen LogP contribution < -0.4 is 0 Å². The largest absolute Gasteiger partial charge is 0.455 e. The maximum atomic E-state index is 14.5. The number of carbonyl (C=O) groups excluding carboxylic acids is 4. The first-order valence-electron chi connectivity index (χ1n) is 15.5. The number of likely N-dealkylation sites (N-methyl/N-ethyl adjacent to an activating group) is 1. The Morgan fingerprint density at radius 2 is 1.77 bits per heavy atom. The first kappa shape index (κ1) is 32.4. The van der Waals surface area contributed by atoms with Crippen molar-refractivity contribution in [3.05, 3.63) is 58.6 Å². The van der Waals surface area contributed by atoms with E-state index < -0.39 is 47.7 Å². The van der Waals surface area contributed by atoms with Gasteiger partial charge < -0.3 is 29.3 Å². The summed E-state index contributed by atoms with van der Waals surface area (Å²) in [5, 5.41) is 9.45. The Hall–Kier alpha value is -3.02. The molecular weight excluding hydrogens is 630 g/mol. The molecule has 1 N–H and O–H groups in total. The summed E-state index contributed by atoms with van der Waals surface area (Å²) in [6.07, 6.45) is 5.70. The number of benzene rings is 1. The topological polar surface area (TPSA) is 117 Å². The SMILES string of the molecule is CC(C)N1C/C=C\CCC(=O)N(C)[C@H](C)[C@@H](c2ccccc2)OC(=O)[C@@H]2[C@H]3O[C@@]4(C=C3Br)[C@H](C1=O)N(CCCCO)C(=O)[C@@H]24. The van der Waals surface area contributed by atoms with E-state index in [1.165, 1.54) is 0 Å². The van der Waals surface area contributed by atoms with Crippen molar-refractivity contribution in [2.45, 2.75) is 82.4 Å². The van der Waals surface area contributed by atoms with Crippen LogP contribution in [0.25, 0.3) is 0 Å². The number of aliphatic hydroxyl groups is 1. The number of fused-ring (bicyclic) bond motifs is 2. The van der Waals surface area contributed by atoms with Gasteiger partial charge >= 0.3 is 5.97 Å². The highest BCUT2D eigenvalue weighted by molar-refractivity contribution is 9.11. The van der Waals surface area contributed by atoms with Gasteiger partial charge in [-0.3, -0.25) is 19.2 Å². The number of rotatable bonds is 6. The number of nitrogens with zero attached hydrogens (tertiary/aromatic N) is 3. The number of esters is 1. The van der Waals surface area contributed by atoms with E-state index in [0.29, 0.717) is 30.3 Å². The van der Waals surface area contributed by atoms with Crippen LogP contribution in [0.1, 0.15) is 58.1 Å². The van der Waals surface area contributed by atoms with E-state index >= 15 is 0 Å². The van der Waals surface area contributed by atoms with Gasteiger partial charge in [0.05, 0.1) is 12.0 Å². The second-order valence-electron chi connectivity index (χ2n) is 12.4. The Kier molecular flexibility index (Phi) is 9.67. The summed E-state index contributed by atoms with van der Waals surface area (Å²) in [4.78, 5) is 61.1. The molecule has 11 heteroatoms. The van der Waals surface area contributed by atoms with Crippen LogP contribution in [0.4, 0.5) is 0 Å². The lowest BCUT2D eigenvalue weighted by Crippen LogP contribution is -2.57. The number of hydrogen-bond donors (Lipinski definition) is 1. The maximum absolute atomic E-state index is 14.5. The summed E-state index contributed by atoms with van der Waals surface area (Å²) in [6, 6.07) is 7.59. The van der Waals surface area contributed by atoms with Crippen molar-refractivity contribution in [2.75, 3.05) is 26.7 Å². The lowest BCUT2D eigenvalue weighted by atomic mass is 9.74. The summed E-state index contributed by atoms with van der Waals surface area (Å²) in [5.41, 5.74) is -0.630. The number of allylic oxidation sites excluding steroid dienone is 1. The van der Waals surface area contributed by atoms with Gasteiger partial charge in [-0.15, -0.1) is 0 Å². The van der Waals surface area contributed by atoms with E-state index in [2.05, 4.69) is 15.9 Å². The first-order chi connectivity index (χ1) is 21.0. The Morgan fingerprint density at radius 1 is 1.05 bits per heavy atom. The van der Waals surface area contributed by atoms with Crippen molar-refractivity contribution in [3.8, 4) is 0 Å². The van der Waals surface area contributed by atoms with Crippen LogP contribution in [0, 0.1) is 11.8 Å². The molecule has 5 bridgehead atoms. The second-order valence-corrected chi connectivity index (χ2v) is 13.3. The lowest BCUT2D eigenvalue weighted by molar-refractivity contribution is -0.164. The average molecular weight is 673 g/mol. The number of hydrogen-bond acceptors (Lipinski definition) is 7. The average Bonchev–Trinajstić information content (AvgIpc) is 3.59. The molecule has 0 unspecified atom stereocenters. The van der Waals surface area contributed by atoms with Crippen LogP contribution >= 0.6 is 15.9 Å². The zero-order valence-electron chi connectivity index (χ0n) is 25.7. The number of cyclic esters (lactones) is 1. The highest BCUT2D eigenvalue weighted by Crippen LogP contribution is 2.59. The molecule has 10 nitrogen and oxygen atoms in total. The molecule has 2 saturated heterocycles. The van der Waals surface area contributed by atoms with Gasteiger partial charge in [0.2, 0.25) is 17.7 Å². The molecule has 4 heterocycles. The zero-order valence-corrected chi connectivity index (χ0v) is 27.3. The fraction of sp³-hybridized carbons (Fsp3) is 0.576. The smallest absolute Gasteiger partial charge is 0.313 e. The van der Waals surface area contributed by atoms with Crippen molar-refractivity contribution >= 4 is 39.6 Å². The molecule has 0 aromatic heterocycles. The molecule has 1 aromatic carbocycles. The van der Waals surface area contributed by atoms with Gasteiger partial charge in [-0.25, -0.2) is 0 Å². The standard InChI is InChI=1S/C33H42BrN3O7/c1-20(2)36-16-10-6-9-15-24(39)35(4)21(3)27(22-13-7-5-8-14-22)43-32(42)25-26-30(40)37(17-11-12-18-38)29(31(36)41)33(26)19-23(34)28(25)44-33/h5-8,10,13-14,19-21,25-29,38H,9,11-12,15-18H2,1-4H3/b10-6-/t21-,25+,26-,27+,28+,29+,33-/m1/s1. The van der Waals surface area contributed by atoms with Gasteiger partial charge in [0.15, 0.2) is 0 Å². The molecular formula is C33H42BrN3O7. The van der Waals surface area contributed by atoms with Gasteiger partial charge in [0.1, 0.15) is 29.8 Å². The predicted molar refractivity (Wildman–Crippen MR) is 166 cm³/mol. The quantitative estimate of drug-likeness (QED) is 0.280. The van der Waals surface area contributed by atoms with E-state index in [1.807, 2.05) is 63.3 Å². The van der Waals surface area contributed by atoms with Crippen LogP contribution in [0.15, 0.2) is 53.0 Å². The first-order valence-corrected chi connectivity index (χ1v) is 16.3. The van der Waals surface area contributed by atoms with E-state index in [1.54, 1.807) is 27.8 Å². The molecule has 3 amide bonds. The van der Waals surface area contributed by atoms with Crippen molar-refractivity contribution < 1.29 is 33.8 Å². The summed E-state index contributed by atoms with van der Waals surface area (Å²) in [7, 11) is 1.71. The molecule has 0 aliphatic carbocycles. The Bertz CT molecular complexity index is 1330. The highest BCUT2D eigenvalue weighted by atomic mass is 79.9.